The molecule has 2 aliphatic rings. The largest absolute Gasteiger partial charge is 0.193 e. The van der Waals surface area contributed by atoms with Crippen LogP contribution in [0, 0.1) is 29.1 Å². The fourth-order valence-corrected chi connectivity index (χ4v) is 5.67. The van der Waals surface area contributed by atoms with Gasteiger partial charge in [0.1, 0.15) is 0 Å². The number of nitriles is 1. The van der Waals surface area contributed by atoms with E-state index in [9.17, 15) is 0 Å². The van der Waals surface area contributed by atoms with Crippen molar-refractivity contribution in [3.63, 3.8) is 0 Å². The number of benzene rings is 1. The predicted molar refractivity (Wildman–Crippen MR) is 128 cm³/mol. The quantitative estimate of drug-likeness (QED) is 0.230. The van der Waals surface area contributed by atoms with Crippen LogP contribution in [0.3, 0.4) is 0 Å². The number of rotatable bonds is 9. The summed E-state index contributed by atoms with van der Waals surface area (Å²) in [6.07, 6.45) is 25.9. The van der Waals surface area contributed by atoms with Gasteiger partial charge in [-0.2, -0.15) is 5.26 Å². The van der Waals surface area contributed by atoms with Gasteiger partial charge in [0, 0.05) is 6.08 Å². The first-order valence-electron chi connectivity index (χ1n) is 12.6. The van der Waals surface area contributed by atoms with Crippen LogP contribution in [0.1, 0.15) is 101 Å². The van der Waals surface area contributed by atoms with Gasteiger partial charge in [0.25, 0.3) is 0 Å². The van der Waals surface area contributed by atoms with Crippen molar-refractivity contribution in [2.75, 3.05) is 0 Å². The summed E-state index contributed by atoms with van der Waals surface area (Å²) in [5.41, 5.74) is 3.04. The van der Waals surface area contributed by atoms with Crippen molar-refractivity contribution in [3.05, 3.63) is 59.7 Å². The Bertz CT molecular complexity index is 689. The maximum Gasteiger partial charge on any atom is 0.0912 e. The summed E-state index contributed by atoms with van der Waals surface area (Å²) in [5.74, 6) is 3.49. The van der Waals surface area contributed by atoms with Crippen molar-refractivity contribution in [3.8, 4) is 6.07 Å². The van der Waals surface area contributed by atoms with Crippen LogP contribution in [-0.2, 0) is 6.42 Å². The smallest absolute Gasteiger partial charge is 0.0912 e. The molecule has 1 aromatic rings. The molecule has 0 heterocycles. The molecule has 162 valence electrons. The lowest BCUT2D eigenvalue weighted by Crippen LogP contribution is -2.14. The predicted octanol–water partition coefficient (Wildman–Crippen LogP) is 8.53. The Morgan fingerprint density at radius 3 is 2.00 bits per heavy atom. The Kier molecular flexibility index (Phi) is 9.75. The molecule has 0 amide bonds. The number of allylic oxidation sites excluding steroid dienone is 4. The summed E-state index contributed by atoms with van der Waals surface area (Å²) >= 11 is 0. The molecule has 2 aliphatic carbocycles. The molecule has 1 heteroatoms. The highest BCUT2D eigenvalue weighted by Crippen LogP contribution is 2.38. The minimum Gasteiger partial charge on any atom is -0.193 e. The lowest BCUT2D eigenvalue weighted by Gasteiger charge is -2.29. The molecule has 0 bridgehead atoms. The lowest BCUT2D eigenvalue weighted by molar-refractivity contribution is 0.273. The molecule has 0 radical (unpaired) electrons. The maximum absolute atomic E-state index is 8.53. The van der Waals surface area contributed by atoms with Gasteiger partial charge < -0.3 is 0 Å². The third kappa shape index (κ3) is 7.46. The minimum atomic E-state index is 0.734. The van der Waals surface area contributed by atoms with E-state index in [1.807, 2.05) is 12.1 Å². The molecule has 0 saturated heterocycles. The van der Waals surface area contributed by atoms with Gasteiger partial charge >= 0.3 is 0 Å². The second-order valence-electron chi connectivity index (χ2n) is 9.75. The molecular formula is C29H41N. The first-order chi connectivity index (χ1) is 14.8. The fourth-order valence-electron chi connectivity index (χ4n) is 5.67. The van der Waals surface area contributed by atoms with Crippen molar-refractivity contribution in [1.82, 2.24) is 0 Å². The van der Waals surface area contributed by atoms with E-state index in [2.05, 4.69) is 43.3 Å². The molecular weight excluding hydrogens is 362 g/mol. The highest BCUT2D eigenvalue weighted by molar-refractivity contribution is 5.25. The molecule has 30 heavy (non-hydrogen) atoms. The van der Waals surface area contributed by atoms with Crippen LogP contribution in [0.2, 0.25) is 0 Å². The third-order valence-corrected chi connectivity index (χ3v) is 7.74. The summed E-state index contributed by atoms with van der Waals surface area (Å²) in [6.45, 7) is 2.24. The highest BCUT2D eigenvalue weighted by Gasteiger charge is 2.23. The van der Waals surface area contributed by atoms with E-state index < -0.39 is 0 Å². The average Bonchev–Trinajstić information content (AvgIpc) is 2.81. The van der Waals surface area contributed by atoms with Crippen LogP contribution >= 0.6 is 0 Å². The Morgan fingerprint density at radius 1 is 0.833 bits per heavy atom. The molecule has 0 spiro atoms. The van der Waals surface area contributed by atoms with E-state index in [1.165, 1.54) is 82.6 Å². The number of hydrogen-bond donors (Lipinski definition) is 0. The standard InChI is InChI=1S/C29H41N/c1-2-24-15-19-28(20-16-24)29-21-17-27(18-22-29)10-6-5-9-26-13-11-25(12-14-26)8-4-3-7-23-30/h3-4,7-8,15-16,19-20,25-27,29H,2,5-6,9-14,17-18,21-22H2,1H3/b7-3+,8-4+. The molecule has 0 N–H and O–H groups in total. The number of unbranched alkanes of at least 4 members (excludes halogenated alkanes) is 1. The van der Waals surface area contributed by atoms with Gasteiger partial charge in [0.2, 0.25) is 0 Å². The van der Waals surface area contributed by atoms with E-state index in [-0.39, 0.29) is 0 Å². The van der Waals surface area contributed by atoms with E-state index in [4.69, 9.17) is 5.26 Å². The van der Waals surface area contributed by atoms with Crippen LogP contribution in [0.15, 0.2) is 48.6 Å². The Balaban J connectivity index is 1.25. The van der Waals surface area contributed by atoms with Crippen LogP contribution < -0.4 is 0 Å². The van der Waals surface area contributed by atoms with Gasteiger partial charge in [-0.1, -0.05) is 75.1 Å². The zero-order valence-electron chi connectivity index (χ0n) is 19.1. The number of aryl methyl sites for hydroxylation is 1. The minimum absolute atomic E-state index is 0.734. The molecule has 2 saturated carbocycles. The normalized spacial score (nSPS) is 27.5. The summed E-state index contributed by atoms with van der Waals surface area (Å²) in [4.78, 5) is 0. The van der Waals surface area contributed by atoms with Crippen molar-refractivity contribution in [1.29, 1.82) is 5.26 Å². The molecule has 0 unspecified atom stereocenters. The zero-order valence-corrected chi connectivity index (χ0v) is 19.1. The Hall–Kier alpha value is -1.81. The topological polar surface area (TPSA) is 23.8 Å². The maximum atomic E-state index is 8.53. The van der Waals surface area contributed by atoms with Gasteiger partial charge in [-0.15, -0.1) is 0 Å². The Labute approximate surface area is 185 Å². The molecule has 0 atom stereocenters. The van der Waals surface area contributed by atoms with Gasteiger partial charge in [-0.3, -0.25) is 0 Å². The zero-order chi connectivity index (χ0) is 21.0. The van der Waals surface area contributed by atoms with E-state index in [0.29, 0.717) is 0 Å². The third-order valence-electron chi connectivity index (χ3n) is 7.74. The molecule has 2 fully saturated rings. The Morgan fingerprint density at radius 2 is 1.43 bits per heavy atom. The number of nitrogens with zero attached hydrogens (tertiary/aromatic N) is 1. The van der Waals surface area contributed by atoms with Crippen molar-refractivity contribution < 1.29 is 0 Å². The van der Waals surface area contributed by atoms with E-state index in [1.54, 1.807) is 11.6 Å². The lowest BCUT2D eigenvalue weighted by atomic mass is 9.76. The van der Waals surface area contributed by atoms with Gasteiger partial charge in [-0.25, -0.2) is 0 Å². The SMILES string of the molecule is CCc1ccc(C2CCC(CCCCC3CCC(/C=C/C=C/C#N)CC3)CC2)cc1. The van der Waals surface area contributed by atoms with Gasteiger partial charge in [-0.05, 0) is 92.6 Å². The fraction of sp³-hybridized carbons (Fsp3) is 0.621. The molecule has 1 nitrogen and oxygen atoms in total. The monoisotopic (exact) mass is 403 g/mol. The van der Waals surface area contributed by atoms with Gasteiger partial charge in [0.05, 0.1) is 6.07 Å². The summed E-state index contributed by atoms with van der Waals surface area (Å²) in [7, 11) is 0. The second-order valence-corrected chi connectivity index (χ2v) is 9.75. The van der Waals surface area contributed by atoms with Crippen LogP contribution in [0.5, 0.6) is 0 Å². The van der Waals surface area contributed by atoms with Gasteiger partial charge in [0.15, 0.2) is 0 Å². The van der Waals surface area contributed by atoms with E-state index in [0.717, 1.165) is 30.1 Å². The molecule has 0 aromatic heterocycles. The van der Waals surface area contributed by atoms with Crippen LogP contribution in [0.25, 0.3) is 0 Å². The highest BCUT2D eigenvalue weighted by atomic mass is 14.3. The molecule has 0 aliphatic heterocycles. The first kappa shape index (κ1) is 22.9. The van der Waals surface area contributed by atoms with Crippen molar-refractivity contribution >= 4 is 0 Å². The van der Waals surface area contributed by atoms with E-state index >= 15 is 0 Å². The summed E-state index contributed by atoms with van der Waals surface area (Å²) in [6, 6.07) is 11.5. The number of hydrogen-bond acceptors (Lipinski definition) is 1. The van der Waals surface area contributed by atoms with Crippen molar-refractivity contribution in [2.24, 2.45) is 17.8 Å². The second kappa shape index (κ2) is 12.8. The molecule has 3 rings (SSSR count). The average molecular weight is 404 g/mol. The first-order valence-corrected chi connectivity index (χ1v) is 12.6. The van der Waals surface area contributed by atoms with Crippen LogP contribution in [0.4, 0.5) is 0 Å². The van der Waals surface area contributed by atoms with Crippen LogP contribution in [-0.4, -0.2) is 0 Å². The summed E-state index contributed by atoms with van der Waals surface area (Å²) in [5, 5.41) is 8.53. The van der Waals surface area contributed by atoms with Crippen molar-refractivity contribution in [2.45, 2.75) is 96.3 Å². The summed E-state index contributed by atoms with van der Waals surface area (Å²) < 4.78 is 0. The molecule has 1 aromatic carbocycles.